The van der Waals surface area contributed by atoms with Gasteiger partial charge in [-0.1, -0.05) is 12.8 Å². The van der Waals surface area contributed by atoms with Crippen LogP contribution in [0.25, 0.3) is 11.2 Å². The molecule has 4 N–H and O–H groups in total. The van der Waals surface area contributed by atoms with Gasteiger partial charge in [0.25, 0.3) is 0 Å². The fourth-order valence-corrected chi connectivity index (χ4v) is 2.59. The Balaban J connectivity index is 1.44. The Morgan fingerprint density at radius 3 is 2.46 bits per heavy atom. The zero-order valence-electron chi connectivity index (χ0n) is 13.3. The van der Waals surface area contributed by atoms with E-state index in [2.05, 4.69) is 19.9 Å². The summed E-state index contributed by atoms with van der Waals surface area (Å²) in [5.41, 5.74) is 12.4. The number of nitrogen functional groups attached to an aromatic ring is 2. The summed E-state index contributed by atoms with van der Waals surface area (Å²) in [4.78, 5) is 27.7. The number of unbranched alkanes of at least 4 members (excludes halogenated alkanes) is 3. The molecular formula is C15H20N8O. The van der Waals surface area contributed by atoms with Crippen molar-refractivity contribution in [2.75, 3.05) is 11.5 Å². The lowest BCUT2D eigenvalue weighted by molar-refractivity contribution is 0.532. The Morgan fingerprint density at radius 2 is 1.71 bits per heavy atom. The Morgan fingerprint density at radius 1 is 0.958 bits per heavy atom. The summed E-state index contributed by atoms with van der Waals surface area (Å²) < 4.78 is 3.57. The van der Waals surface area contributed by atoms with E-state index in [1.807, 2.05) is 4.57 Å². The van der Waals surface area contributed by atoms with Crippen LogP contribution in [0.15, 0.2) is 29.7 Å². The number of fused-ring (bicyclic) bond motifs is 1. The molecule has 0 aliphatic heterocycles. The van der Waals surface area contributed by atoms with Crippen LogP contribution in [0.2, 0.25) is 0 Å². The maximum Gasteiger partial charge on any atom is 0.349 e. The number of nitrogens with zero attached hydrogens (tertiary/aromatic N) is 6. The zero-order chi connectivity index (χ0) is 16.9. The van der Waals surface area contributed by atoms with Gasteiger partial charge in [0.2, 0.25) is 0 Å². The van der Waals surface area contributed by atoms with Crippen LogP contribution in [0, 0.1) is 0 Å². The lowest BCUT2D eigenvalue weighted by Gasteiger charge is -2.06. The molecule has 0 unspecified atom stereocenters. The third kappa shape index (κ3) is 3.50. The van der Waals surface area contributed by atoms with Crippen molar-refractivity contribution >= 4 is 22.8 Å². The molecule has 0 aliphatic carbocycles. The molecule has 9 nitrogen and oxygen atoms in total. The summed E-state index contributed by atoms with van der Waals surface area (Å²) in [6.07, 6.45) is 8.89. The normalized spacial score (nSPS) is 11.2. The number of imidazole rings is 1. The SMILES string of the molecule is Nc1ccn(CCCCCCn2cnc3c(N)ncnc32)c(=O)n1. The number of nitrogens with two attached hydrogens (primary N) is 2. The number of hydrogen-bond donors (Lipinski definition) is 2. The van der Waals surface area contributed by atoms with Gasteiger partial charge in [-0.15, -0.1) is 0 Å². The van der Waals surface area contributed by atoms with Crippen molar-refractivity contribution in [3.05, 3.63) is 35.4 Å². The van der Waals surface area contributed by atoms with Crippen LogP contribution in [-0.4, -0.2) is 29.1 Å². The van der Waals surface area contributed by atoms with E-state index < -0.39 is 0 Å². The third-order valence-corrected chi connectivity index (χ3v) is 3.87. The predicted octanol–water partition coefficient (Wildman–Crippen LogP) is 0.808. The van der Waals surface area contributed by atoms with Gasteiger partial charge in [-0.3, -0.25) is 4.57 Å². The first-order chi connectivity index (χ1) is 11.6. The second kappa shape index (κ2) is 7.07. The summed E-state index contributed by atoms with van der Waals surface area (Å²) in [7, 11) is 0. The van der Waals surface area contributed by atoms with Crippen molar-refractivity contribution in [1.82, 2.24) is 29.1 Å². The van der Waals surface area contributed by atoms with Crippen LogP contribution in [0.3, 0.4) is 0 Å². The smallest absolute Gasteiger partial charge is 0.349 e. The molecular weight excluding hydrogens is 308 g/mol. The molecule has 0 atom stereocenters. The minimum absolute atomic E-state index is 0.258. The van der Waals surface area contributed by atoms with Gasteiger partial charge < -0.3 is 16.0 Å². The average Bonchev–Trinajstić information content (AvgIpc) is 2.97. The van der Waals surface area contributed by atoms with E-state index in [-0.39, 0.29) is 11.5 Å². The molecule has 3 rings (SSSR count). The summed E-state index contributed by atoms with van der Waals surface area (Å²) in [5.74, 6) is 0.662. The van der Waals surface area contributed by atoms with E-state index in [1.54, 1.807) is 23.2 Å². The van der Waals surface area contributed by atoms with Gasteiger partial charge in [0.15, 0.2) is 11.5 Å². The topological polar surface area (TPSA) is 131 Å². The van der Waals surface area contributed by atoms with E-state index in [1.165, 1.54) is 6.33 Å². The molecule has 0 aliphatic rings. The van der Waals surface area contributed by atoms with Crippen LogP contribution < -0.4 is 17.2 Å². The molecule has 0 spiro atoms. The standard InChI is InChI=1S/C15H20N8O/c16-11-5-8-22(15(24)21-11)6-3-1-2-4-7-23-10-20-12-13(17)18-9-19-14(12)23/h5,8-10H,1-4,6-7H2,(H2,16,21,24)(H2,17,18,19). The van der Waals surface area contributed by atoms with Crippen molar-refractivity contribution in [1.29, 1.82) is 0 Å². The summed E-state index contributed by atoms with van der Waals surface area (Å²) in [6, 6.07) is 1.64. The fraction of sp³-hybridized carbons (Fsp3) is 0.400. The number of rotatable bonds is 7. The van der Waals surface area contributed by atoms with Gasteiger partial charge in [0.05, 0.1) is 6.33 Å². The van der Waals surface area contributed by atoms with E-state index in [4.69, 9.17) is 11.5 Å². The molecule has 0 amide bonds. The quantitative estimate of drug-likeness (QED) is 0.613. The average molecular weight is 328 g/mol. The van der Waals surface area contributed by atoms with E-state index >= 15 is 0 Å². The molecule has 3 aromatic heterocycles. The van der Waals surface area contributed by atoms with Gasteiger partial charge >= 0.3 is 5.69 Å². The van der Waals surface area contributed by atoms with Gasteiger partial charge in [-0.25, -0.2) is 19.7 Å². The van der Waals surface area contributed by atoms with E-state index in [9.17, 15) is 4.79 Å². The highest BCUT2D eigenvalue weighted by molar-refractivity contribution is 5.80. The second-order valence-corrected chi connectivity index (χ2v) is 5.61. The largest absolute Gasteiger partial charge is 0.383 e. The number of aromatic nitrogens is 6. The summed E-state index contributed by atoms with van der Waals surface area (Å²) in [5, 5.41) is 0. The Kier molecular flexibility index (Phi) is 4.69. The molecule has 0 fully saturated rings. The molecule has 9 heteroatoms. The van der Waals surface area contributed by atoms with Gasteiger partial charge in [-0.05, 0) is 18.9 Å². The van der Waals surface area contributed by atoms with E-state index in [0.717, 1.165) is 37.9 Å². The van der Waals surface area contributed by atoms with Crippen LogP contribution in [0.4, 0.5) is 11.6 Å². The number of anilines is 2. The molecule has 0 saturated carbocycles. The van der Waals surface area contributed by atoms with Gasteiger partial charge in [0, 0.05) is 19.3 Å². The first kappa shape index (κ1) is 15.9. The van der Waals surface area contributed by atoms with E-state index in [0.29, 0.717) is 17.9 Å². The fourth-order valence-electron chi connectivity index (χ4n) is 2.59. The predicted molar refractivity (Wildman–Crippen MR) is 91.1 cm³/mol. The minimum atomic E-state index is -0.294. The lowest BCUT2D eigenvalue weighted by Crippen LogP contribution is -2.23. The van der Waals surface area contributed by atoms with Crippen molar-refractivity contribution in [2.24, 2.45) is 0 Å². The summed E-state index contributed by atoms with van der Waals surface area (Å²) in [6.45, 7) is 1.49. The molecule has 0 aromatic carbocycles. The highest BCUT2D eigenvalue weighted by Crippen LogP contribution is 2.15. The first-order valence-corrected chi connectivity index (χ1v) is 7.89. The van der Waals surface area contributed by atoms with Crippen LogP contribution >= 0.6 is 0 Å². The molecule has 0 saturated heterocycles. The van der Waals surface area contributed by atoms with Crippen LogP contribution in [0.1, 0.15) is 25.7 Å². The first-order valence-electron chi connectivity index (χ1n) is 7.89. The second-order valence-electron chi connectivity index (χ2n) is 5.61. The van der Waals surface area contributed by atoms with Crippen molar-refractivity contribution < 1.29 is 0 Å². The van der Waals surface area contributed by atoms with Crippen LogP contribution in [-0.2, 0) is 13.1 Å². The van der Waals surface area contributed by atoms with Crippen molar-refractivity contribution in [3.63, 3.8) is 0 Å². The summed E-state index contributed by atoms with van der Waals surface area (Å²) >= 11 is 0. The lowest BCUT2D eigenvalue weighted by atomic mass is 10.2. The third-order valence-electron chi connectivity index (χ3n) is 3.87. The maximum atomic E-state index is 11.6. The van der Waals surface area contributed by atoms with Crippen molar-refractivity contribution in [2.45, 2.75) is 38.8 Å². The van der Waals surface area contributed by atoms with Gasteiger partial charge in [-0.2, -0.15) is 4.98 Å². The number of aryl methyl sites for hydroxylation is 2. The monoisotopic (exact) mass is 328 g/mol. The Labute approximate surface area is 138 Å². The Hall–Kier alpha value is -2.97. The van der Waals surface area contributed by atoms with Crippen LogP contribution in [0.5, 0.6) is 0 Å². The molecule has 0 bridgehead atoms. The maximum absolute atomic E-state index is 11.6. The highest BCUT2D eigenvalue weighted by atomic mass is 16.1. The molecule has 3 heterocycles. The molecule has 0 radical (unpaired) electrons. The van der Waals surface area contributed by atoms with Crippen molar-refractivity contribution in [3.8, 4) is 0 Å². The zero-order valence-corrected chi connectivity index (χ0v) is 13.3. The minimum Gasteiger partial charge on any atom is -0.383 e. The number of hydrogen-bond acceptors (Lipinski definition) is 7. The Bertz CT molecular complexity index is 885. The van der Waals surface area contributed by atoms with Gasteiger partial charge in [0.1, 0.15) is 17.7 Å². The highest BCUT2D eigenvalue weighted by Gasteiger charge is 2.07. The molecule has 3 aromatic rings. The molecule has 24 heavy (non-hydrogen) atoms. The molecule has 126 valence electrons.